The molecule has 0 aromatic carbocycles. The first-order chi connectivity index (χ1) is 8.17. The van der Waals surface area contributed by atoms with Gasteiger partial charge in [0.25, 0.3) is 0 Å². The molecule has 1 saturated carbocycles. The van der Waals surface area contributed by atoms with E-state index in [4.69, 9.17) is 5.73 Å². The van der Waals surface area contributed by atoms with Gasteiger partial charge in [0.05, 0.1) is 6.54 Å². The Morgan fingerprint density at radius 3 is 2.47 bits per heavy atom. The first-order valence-corrected chi connectivity index (χ1v) is 6.93. The quantitative estimate of drug-likeness (QED) is 0.732. The van der Waals surface area contributed by atoms with Crippen LogP contribution in [0.2, 0.25) is 0 Å². The zero-order valence-electron chi connectivity index (χ0n) is 11.2. The molecule has 0 unspecified atom stereocenters. The van der Waals surface area contributed by atoms with Crippen molar-refractivity contribution >= 4 is 5.91 Å². The lowest BCUT2D eigenvalue weighted by atomic mass is 9.91. The Bertz CT molecular complexity index is 225. The van der Waals surface area contributed by atoms with E-state index in [1.807, 2.05) is 0 Å². The molecule has 0 bridgehead atoms. The van der Waals surface area contributed by atoms with Crippen LogP contribution in [0.4, 0.5) is 0 Å². The van der Waals surface area contributed by atoms with Crippen molar-refractivity contribution in [3.63, 3.8) is 0 Å². The van der Waals surface area contributed by atoms with Gasteiger partial charge in [-0.25, -0.2) is 0 Å². The highest BCUT2D eigenvalue weighted by Crippen LogP contribution is 2.21. The zero-order chi connectivity index (χ0) is 12.7. The molecule has 1 aliphatic carbocycles. The number of rotatable bonds is 6. The van der Waals surface area contributed by atoms with Crippen molar-refractivity contribution in [2.24, 2.45) is 5.73 Å². The van der Waals surface area contributed by atoms with Crippen LogP contribution in [0, 0.1) is 0 Å². The van der Waals surface area contributed by atoms with Gasteiger partial charge in [-0.3, -0.25) is 9.69 Å². The number of amides is 1. The highest BCUT2D eigenvalue weighted by Gasteiger charge is 2.24. The Morgan fingerprint density at radius 2 is 1.94 bits per heavy atom. The Morgan fingerprint density at radius 1 is 1.29 bits per heavy atom. The largest absolute Gasteiger partial charge is 0.355 e. The van der Waals surface area contributed by atoms with Gasteiger partial charge in [-0.15, -0.1) is 0 Å². The third-order valence-corrected chi connectivity index (χ3v) is 3.58. The molecule has 0 aromatic heterocycles. The van der Waals surface area contributed by atoms with Crippen molar-refractivity contribution < 1.29 is 4.79 Å². The molecule has 0 aromatic rings. The topological polar surface area (TPSA) is 58.4 Å². The van der Waals surface area contributed by atoms with Gasteiger partial charge in [0.2, 0.25) is 5.91 Å². The molecule has 1 rings (SSSR count). The molecular weight excluding hydrogens is 214 g/mol. The lowest BCUT2D eigenvalue weighted by Gasteiger charge is -2.34. The normalized spacial score (nSPS) is 24.9. The van der Waals surface area contributed by atoms with Gasteiger partial charge < -0.3 is 11.1 Å². The van der Waals surface area contributed by atoms with Crippen molar-refractivity contribution in [3.8, 4) is 0 Å². The van der Waals surface area contributed by atoms with Gasteiger partial charge in [0, 0.05) is 18.6 Å². The summed E-state index contributed by atoms with van der Waals surface area (Å²) in [7, 11) is 0. The van der Waals surface area contributed by atoms with Crippen molar-refractivity contribution in [3.05, 3.63) is 0 Å². The lowest BCUT2D eigenvalue weighted by Crippen LogP contribution is -2.45. The summed E-state index contributed by atoms with van der Waals surface area (Å²) in [6.45, 7) is 6.46. The molecule has 1 fully saturated rings. The summed E-state index contributed by atoms with van der Waals surface area (Å²) in [5, 5.41) is 2.94. The van der Waals surface area contributed by atoms with E-state index in [-0.39, 0.29) is 5.91 Å². The van der Waals surface area contributed by atoms with Gasteiger partial charge in [-0.1, -0.05) is 13.8 Å². The summed E-state index contributed by atoms with van der Waals surface area (Å²) < 4.78 is 0. The fourth-order valence-corrected chi connectivity index (χ4v) is 2.47. The summed E-state index contributed by atoms with van der Waals surface area (Å²) in [4.78, 5) is 14.0. The number of nitrogens with zero attached hydrogens (tertiary/aromatic N) is 1. The molecule has 4 nitrogen and oxygen atoms in total. The fourth-order valence-electron chi connectivity index (χ4n) is 2.47. The highest BCUT2D eigenvalue weighted by molar-refractivity contribution is 5.78. The van der Waals surface area contributed by atoms with Crippen LogP contribution in [-0.2, 0) is 4.79 Å². The van der Waals surface area contributed by atoms with Crippen molar-refractivity contribution in [2.75, 3.05) is 19.6 Å². The number of nitrogens with one attached hydrogen (secondary N) is 1. The van der Waals surface area contributed by atoms with Crippen LogP contribution < -0.4 is 11.1 Å². The Labute approximate surface area is 105 Å². The molecule has 0 radical (unpaired) electrons. The van der Waals surface area contributed by atoms with Crippen molar-refractivity contribution in [1.29, 1.82) is 0 Å². The molecule has 0 aliphatic heterocycles. The van der Waals surface area contributed by atoms with Crippen LogP contribution in [0.1, 0.15) is 46.0 Å². The average Bonchev–Trinajstić information content (AvgIpc) is 2.34. The van der Waals surface area contributed by atoms with Crippen LogP contribution in [0.15, 0.2) is 0 Å². The van der Waals surface area contributed by atoms with E-state index in [0.717, 1.165) is 45.2 Å². The molecule has 1 amide bonds. The van der Waals surface area contributed by atoms with Crippen LogP contribution in [0.5, 0.6) is 0 Å². The minimum atomic E-state index is 0.156. The maximum Gasteiger partial charge on any atom is 0.234 e. The second-order valence-electron chi connectivity index (χ2n) is 4.98. The summed E-state index contributed by atoms with van der Waals surface area (Å²) in [6.07, 6.45) is 5.46. The van der Waals surface area contributed by atoms with E-state index in [9.17, 15) is 4.79 Å². The smallest absolute Gasteiger partial charge is 0.234 e. The second kappa shape index (κ2) is 7.67. The molecule has 1 aliphatic rings. The molecular formula is C13H27N3O. The minimum absolute atomic E-state index is 0.156. The maximum atomic E-state index is 11.7. The first-order valence-electron chi connectivity index (χ1n) is 6.93. The van der Waals surface area contributed by atoms with Crippen LogP contribution in [0.25, 0.3) is 0 Å². The van der Waals surface area contributed by atoms with E-state index >= 15 is 0 Å². The Hall–Kier alpha value is -0.610. The fraction of sp³-hybridized carbons (Fsp3) is 0.923. The zero-order valence-corrected chi connectivity index (χ0v) is 11.2. The third kappa shape index (κ3) is 5.04. The van der Waals surface area contributed by atoms with E-state index in [1.54, 1.807) is 0 Å². The molecule has 17 heavy (non-hydrogen) atoms. The molecule has 100 valence electrons. The maximum absolute atomic E-state index is 11.7. The molecule has 0 heterocycles. The number of hydrogen-bond acceptors (Lipinski definition) is 3. The molecule has 4 heteroatoms. The van der Waals surface area contributed by atoms with Gasteiger partial charge in [0.1, 0.15) is 0 Å². The van der Waals surface area contributed by atoms with E-state index in [2.05, 4.69) is 24.1 Å². The summed E-state index contributed by atoms with van der Waals surface area (Å²) in [5.74, 6) is 0.156. The third-order valence-electron chi connectivity index (χ3n) is 3.58. The van der Waals surface area contributed by atoms with E-state index in [1.165, 1.54) is 0 Å². The SMILES string of the molecule is CCCNC(=O)CN(CC)C1CCC(N)CC1. The van der Waals surface area contributed by atoms with Gasteiger partial charge in [-0.2, -0.15) is 0 Å². The average molecular weight is 241 g/mol. The van der Waals surface area contributed by atoms with Crippen LogP contribution >= 0.6 is 0 Å². The number of carbonyl (C=O) groups excluding carboxylic acids is 1. The Balaban J connectivity index is 2.34. The number of carbonyl (C=O) groups is 1. The van der Waals surface area contributed by atoms with Gasteiger partial charge >= 0.3 is 0 Å². The van der Waals surface area contributed by atoms with Crippen molar-refractivity contribution in [1.82, 2.24) is 10.2 Å². The first kappa shape index (κ1) is 14.5. The monoisotopic (exact) mass is 241 g/mol. The van der Waals surface area contributed by atoms with E-state index < -0.39 is 0 Å². The second-order valence-corrected chi connectivity index (χ2v) is 4.98. The standard InChI is InChI=1S/C13H27N3O/c1-3-9-15-13(17)10-16(4-2)12-7-5-11(14)6-8-12/h11-12H,3-10,14H2,1-2H3,(H,15,17). The molecule has 0 spiro atoms. The predicted molar refractivity (Wildman–Crippen MR) is 70.8 cm³/mol. The number of nitrogens with two attached hydrogens (primary N) is 1. The predicted octanol–water partition coefficient (Wildman–Crippen LogP) is 1.10. The molecule has 3 N–H and O–H groups in total. The summed E-state index contributed by atoms with van der Waals surface area (Å²) in [6, 6.07) is 0.922. The van der Waals surface area contributed by atoms with Crippen LogP contribution in [-0.4, -0.2) is 42.5 Å². The van der Waals surface area contributed by atoms with Gasteiger partial charge in [0.15, 0.2) is 0 Å². The Kier molecular flexibility index (Phi) is 6.52. The van der Waals surface area contributed by atoms with Crippen LogP contribution in [0.3, 0.4) is 0 Å². The molecule has 0 saturated heterocycles. The highest BCUT2D eigenvalue weighted by atomic mass is 16.2. The van der Waals surface area contributed by atoms with Crippen molar-refractivity contribution in [2.45, 2.75) is 58.0 Å². The number of hydrogen-bond donors (Lipinski definition) is 2. The summed E-state index contributed by atoms with van der Waals surface area (Å²) in [5.41, 5.74) is 5.91. The van der Waals surface area contributed by atoms with E-state index in [0.29, 0.717) is 18.6 Å². The van der Waals surface area contributed by atoms with Gasteiger partial charge in [-0.05, 0) is 38.6 Å². The molecule has 0 atom stereocenters. The summed E-state index contributed by atoms with van der Waals surface area (Å²) >= 11 is 0. The lowest BCUT2D eigenvalue weighted by molar-refractivity contribution is -0.122. The minimum Gasteiger partial charge on any atom is -0.355 e. The number of likely N-dealkylation sites (N-methyl/N-ethyl adjacent to an activating group) is 1.